The van der Waals surface area contributed by atoms with Gasteiger partial charge >= 0.3 is 6.18 Å². The van der Waals surface area contributed by atoms with E-state index in [1.807, 2.05) is 0 Å². The van der Waals surface area contributed by atoms with Gasteiger partial charge in [-0.15, -0.1) is 0 Å². The summed E-state index contributed by atoms with van der Waals surface area (Å²) in [7, 11) is -2.86. The Morgan fingerprint density at radius 3 is 2.65 bits per heavy atom. The van der Waals surface area contributed by atoms with Crippen LogP contribution in [0, 0.1) is 0 Å². The topological polar surface area (TPSA) is 70.4 Å². The minimum absolute atomic E-state index is 0.0263. The monoisotopic (exact) mass is 468 g/mol. The highest BCUT2D eigenvalue weighted by Crippen LogP contribution is 2.43. The molecule has 1 aromatic heterocycles. The molecule has 2 aromatic rings. The molecule has 3 rings (SSSR count). The van der Waals surface area contributed by atoms with Crippen molar-refractivity contribution in [3.05, 3.63) is 47.3 Å². The van der Waals surface area contributed by atoms with E-state index in [9.17, 15) is 30.4 Å². The fourth-order valence-corrected chi connectivity index (χ4v) is 5.40. The number of aromatic nitrogens is 2. The van der Waals surface area contributed by atoms with Crippen molar-refractivity contribution in [2.75, 3.05) is 13.7 Å². The van der Waals surface area contributed by atoms with Gasteiger partial charge in [0.2, 0.25) is 0 Å². The molecule has 0 amide bonds. The van der Waals surface area contributed by atoms with E-state index in [1.165, 1.54) is 14.0 Å². The van der Waals surface area contributed by atoms with Crippen LogP contribution in [0.5, 0.6) is 0 Å². The molecule has 1 aliphatic rings. The first-order valence-electron chi connectivity index (χ1n) is 9.27. The predicted molar refractivity (Wildman–Crippen MR) is 99.2 cm³/mol. The lowest BCUT2D eigenvalue weighted by molar-refractivity contribution is -0.137. The summed E-state index contributed by atoms with van der Waals surface area (Å²) in [5, 5.41) is 3.77. The Morgan fingerprint density at radius 2 is 2.03 bits per heavy atom. The molecule has 31 heavy (non-hydrogen) atoms. The van der Waals surface area contributed by atoms with Crippen molar-refractivity contribution in [2.24, 2.45) is 0 Å². The van der Waals surface area contributed by atoms with E-state index in [-0.39, 0.29) is 31.9 Å². The number of alkyl halides is 5. The van der Waals surface area contributed by atoms with Crippen LogP contribution in [0.4, 0.5) is 22.0 Å². The van der Waals surface area contributed by atoms with Gasteiger partial charge in [-0.25, -0.2) is 21.9 Å². The SMILES string of the molecule is COCn1nc(C(F)F)cc1C1CC(C)(S(=O)(=O)c2cccc(C(F)(F)F)c2)CCO1. The maximum Gasteiger partial charge on any atom is 0.416 e. The van der Waals surface area contributed by atoms with E-state index in [0.717, 1.165) is 28.9 Å². The molecule has 1 saturated heterocycles. The second-order valence-electron chi connectivity index (χ2n) is 7.50. The van der Waals surface area contributed by atoms with Crippen LogP contribution in [-0.4, -0.2) is 36.7 Å². The molecule has 6 nitrogen and oxygen atoms in total. The summed E-state index contributed by atoms with van der Waals surface area (Å²) < 4.78 is 102. The molecule has 2 unspecified atom stereocenters. The van der Waals surface area contributed by atoms with Crippen molar-refractivity contribution in [2.45, 2.75) is 54.8 Å². The highest BCUT2D eigenvalue weighted by Gasteiger charge is 2.46. The Bertz CT molecular complexity index is 1040. The summed E-state index contributed by atoms with van der Waals surface area (Å²) in [6.45, 7) is 1.24. The van der Waals surface area contributed by atoms with Crippen LogP contribution in [0.2, 0.25) is 0 Å². The lowest BCUT2D eigenvalue weighted by atomic mass is 9.94. The standard InChI is InChI=1S/C19H21F5N2O4S/c1-18(31(27,28)13-5-3-4-12(8-13)19(22,23)24)6-7-30-16(10-18)15-9-14(17(20)21)25-26(15)11-29-2/h3-5,8-9,16-17H,6-7,10-11H2,1-2H3. The summed E-state index contributed by atoms with van der Waals surface area (Å²) in [6.07, 6.45) is -8.57. The Morgan fingerprint density at radius 1 is 1.32 bits per heavy atom. The fourth-order valence-electron chi connectivity index (χ4n) is 3.57. The van der Waals surface area contributed by atoms with Crippen molar-refractivity contribution in [3.63, 3.8) is 0 Å². The summed E-state index contributed by atoms with van der Waals surface area (Å²) in [4.78, 5) is -0.454. The van der Waals surface area contributed by atoms with Gasteiger partial charge in [0.25, 0.3) is 6.43 Å². The Balaban J connectivity index is 1.97. The second-order valence-corrected chi connectivity index (χ2v) is 9.97. The summed E-state index contributed by atoms with van der Waals surface area (Å²) in [5.74, 6) is 0. The van der Waals surface area contributed by atoms with E-state index in [0.29, 0.717) is 6.07 Å². The van der Waals surface area contributed by atoms with Crippen LogP contribution < -0.4 is 0 Å². The van der Waals surface area contributed by atoms with Gasteiger partial charge in [-0.1, -0.05) is 6.07 Å². The number of hydrogen-bond donors (Lipinski definition) is 0. The van der Waals surface area contributed by atoms with Gasteiger partial charge in [-0.3, -0.25) is 0 Å². The van der Waals surface area contributed by atoms with Crippen molar-refractivity contribution in [1.29, 1.82) is 0 Å². The average Bonchev–Trinajstić information content (AvgIpc) is 3.12. The number of methoxy groups -OCH3 is 1. The van der Waals surface area contributed by atoms with Crippen LogP contribution in [0.3, 0.4) is 0 Å². The van der Waals surface area contributed by atoms with E-state index in [2.05, 4.69) is 5.10 Å². The Kier molecular flexibility index (Phi) is 6.45. The molecule has 0 aliphatic carbocycles. The van der Waals surface area contributed by atoms with Crippen LogP contribution >= 0.6 is 0 Å². The lowest BCUT2D eigenvalue weighted by Crippen LogP contribution is -2.42. The number of rotatable bonds is 6. The average molecular weight is 468 g/mol. The zero-order chi connectivity index (χ0) is 23.0. The van der Waals surface area contributed by atoms with E-state index in [1.54, 1.807) is 0 Å². The molecule has 0 bridgehead atoms. The van der Waals surface area contributed by atoms with E-state index in [4.69, 9.17) is 9.47 Å². The molecule has 0 saturated carbocycles. The molecule has 2 atom stereocenters. The Hall–Kier alpha value is -2.05. The molecule has 1 aromatic carbocycles. The third-order valence-electron chi connectivity index (χ3n) is 5.32. The number of sulfone groups is 1. The number of benzene rings is 1. The first-order valence-corrected chi connectivity index (χ1v) is 10.8. The second kappa shape index (κ2) is 8.47. The van der Waals surface area contributed by atoms with Gasteiger partial charge in [-0.05, 0) is 44.0 Å². The molecule has 1 aliphatic heterocycles. The fraction of sp³-hybridized carbons (Fsp3) is 0.526. The number of nitrogens with zero attached hydrogens (tertiary/aromatic N) is 2. The van der Waals surface area contributed by atoms with Crippen LogP contribution in [0.1, 0.15) is 49.2 Å². The van der Waals surface area contributed by atoms with Gasteiger partial charge in [0.15, 0.2) is 9.84 Å². The first kappa shape index (κ1) is 23.6. The largest absolute Gasteiger partial charge is 0.416 e. The molecule has 0 N–H and O–H groups in total. The van der Waals surface area contributed by atoms with Gasteiger partial charge in [-0.2, -0.15) is 18.3 Å². The van der Waals surface area contributed by atoms with Crippen molar-refractivity contribution in [3.8, 4) is 0 Å². The van der Waals surface area contributed by atoms with Gasteiger partial charge in [0.05, 0.1) is 20.9 Å². The molecule has 0 spiro atoms. The normalized spacial score (nSPS) is 22.8. The zero-order valence-electron chi connectivity index (χ0n) is 16.7. The highest BCUT2D eigenvalue weighted by molar-refractivity contribution is 7.92. The molecular formula is C19H21F5N2O4S. The van der Waals surface area contributed by atoms with E-state index < -0.39 is 49.4 Å². The van der Waals surface area contributed by atoms with E-state index >= 15 is 0 Å². The van der Waals surface area contributed by atoms with Gasteiger partial charge < -0.3 is 9.47 Å². The number of hydrogen-bond acceptors (Lipinski definition) is 5. The van der Waals surface area contributed by atoms with Gasteiger partial charge in [0, 0.05) is 13.7 Å². The maximum atomic E-state index is 13.3. The van der Waals surface area contributed by atoms with Crippen molar-refractivity contribution >= 4 is 9.84 Å². The minimum Gasteiger partial charge on any atom is -0.372 e. The lowest BCUT2D eigenvalue weighted by Gasteiger charge is -2.37. The van der Waals surface area contributed by atoms with Gasteiger partial charge in [0.1, 0.15) is 18.5 Å². The first-order chi connectivity index (χ1) is 14.4. The minimum atomic E-state index is -4.69. The maximum absolute atomic E-state index is 13.3. The molecule has 12 heteroatoms. The quantitative estimate of drug-likeness (QED) is 0.583. The number of halogens is 5. The molecule has 172 valence electrons. The third-order valence-corrected chi connectivity index (χ3v) is 7.87. The number of ether oxygens (including phenoxy) is 2. The smallest absolute Gasteiger partial charge is 0.372 e. The van der Waals surface area contributed by atoms with Crippen LogP contribution in [0.15, 0.2) is 35.2 Å². The zero-order valence-corrected chi connectivity index (χ0v) is 17.5. The van der Waals surface area contributed by atoms with Crippen LogP contribution in [0.25, 0.3) is 0 Å². The molecular weight excluding hydrogens is 447 g/mol. The Labute approximate surface area is 175 Å². The molecule has 0 radical (unpaired) electrons. The highest BCUT2D eigenvalue weighted by atomic mass is 32.2. The summed E-state index contributed by atoms with van der Waals surface area (Å²) in [6, 6.07) is 4.68. The van der Waals surface area contributed by atoms with Crippen LogP contribution in [-0.2, 0) is 32.2 Å². The van der Waals surface area contributed by atoms with Crippen molar-refractivity contribution in [1.82, 2.24) is 9.78 Å². The summed E-state index contributed by atoms with van der Waals surface area (Å²) >= 11 is 0. The third kappa shape index (κ3) is 4.60. The molecule has 1 fully saturated rings. The molecule has 2 heterocycles. The predicted octanol–water partition coefficient (Wildman–Crippen LogP) is 4.53. The van der Waals surface area contributed by atoms with Crippen molar-refractivity contribution < 1.29 is 39.8 Å². The summed E-state index contributed by atoms with van der Waals surface area (Å²) in [5.41, 5.74) is -1.37.